The van der Waals surface area contributed by atoms with Crippen molar-refractivity contribution in [3.8, 4) is 0 Å². The van der Waals surface area contributed by atoms with Gasteiger partial charge in [0, 0.05) is 11.0 Å². The summed E-state index contributed by atoms with van der Waals surface area (Å²) in [5.74, 6) is 0.643. The van der Waals surface area contributed by atoms with Crippen LogP contribution in [-0.4, -0.2) is 12.5 Å². The van der Waals surface area contributed by atoms with Crippen molar-refractivity contribution in [2.45, 2.75) is 19.3 Å². The van der Waals surface area contributed by atoms with Gasteiger partial charge < -0.3 is 5.32 Å². The molecule has 1 N–H and O–H groups in total. The molecule has 1 aliphatic rings. The molecule has 86 valence electrons. The van der Waals surface area contributed by atoms with Crippen molar-refractivity contribution in [1.29, 1.82) is 0 Å². The molecule has 1 amide bonds. The Bertz CT molecular complexity index is 399. The Balaban J connectivity index is 1.84. The fourth-order valence-corrected chi connectivity index (χ4v) is 3.28. The summed E-state index contributed by atoms with van der Waals surface area (Å²) in [7, 11) is 0. The molecule has 1 aromatic rings. The number of rotatable bonds is 3. The maximum Gasteiger partial charge on any atom is 0.262 e. The molecule has 1 atom stereocenters. The van der Waals surface area contributed by atoms with Gasteiger partial charge in [0.05, 0.1) is 0 Å². The second-order valence-corrected chi connectivity index (χ2v) is 5.73. The predicted molar refractivity (Wildman–Crippen MR) is 70.8 cm³/mol. The molecule has 0 aliphatic heterocycles. The molecule has 0 aromatic carbocycles. The van der Waals surface area contributed by atoms with Crippen LogP contribution in [0.25, 0.3) is 0 Å². The quantitative estimate of drug-likeness (QED) is 0.849. The van der Waals surface area contributed by atoms with Crippen molar-refractivity contribution in [2.24, 2.45) is 5.92 Å². The average Bonchev–Trinajstić information content (AvgIpc) is 2.74. The first-order valence-corrected chi connectivity index (χ1v) is 7.11. The van der Waals surface area contributed by atoms with Crippen LogP contribution in [-0.2, 0) is 0 Å². The summed E-state index contributed by atoms with van der Waals surface area (Å²) in [5.41, 5.74) is 0. The molecule has 0 fully saturated rings. The molecular weight excluding hydrogens is 286 g/mol. The minimum absolute atomic E-state index is 0.0384. The maximum atomic E-state index is 11.8. The van der Waals surface area contributed by atoms with Gasteiger partial charge >= 0.3 is 0 Å². The summed E-state index contributed by atoms with van der Waals surface area (Å²) in [6.07, 6.45) is 7.84. The van der Waals surface area contributed by atoms with Gasteiger partial charge in [-0.2, -0.15) is 0 Å². The summed E-state index contributed by atoms with van der Waals surface area (Å²) in [6, 6.07) is 1.91. The number of allylic oxidation sites excluding steroid dienone is 2. The molecule has 1 aromatic heterocycles. The second kappa shape index (κ2) is 5.64. The number of halogens is 1. The zero-order chi connectivity index (χ0) is 11.4. The molecule has 0 saturated heterocycles. The minimum atomic E-state index is 0.0384. The number of carbonyl (C=O) groups excluding carboxylic acids is 1. The van der Waals surface area contributed by atoms with E-state index in [-0.39, 0.29) is 5.91 Å². The highest BCUT2D eigenvalue weighted by molar-refractivity contribution is 9.10. The van der Waals surface area contributed by atoms with Crippen molar-refractivity contribution in [3.63, 3.8) is 0 Å². The van der Waals surface area contributed by atoms with E-state index < -0.39 is 0 Å². The molecule has 0 spiro atoms. The molecule has 2 rings (SSSR count). The van der Waals surface area contributed by atoms with Crippen molar-refractivity contribution in [3.05, 3.63) is 32.9 Å². The normalized spacial score (nSPS) is 19.7. The van der Waals surface area contributed by atoms with Crippen molar-refractivity contribution >= 4 is 33.2 Å². The van der Waals surface area contributed by atoms with E-state index in [1.54, 1.807) is 0 Å². The third kappa shape index (κ3) is 2.95. The zero-order valence-corrected chi connectivity index (χ0v) is 11.3. The second-order valence-electron chi connectivity index (χ2n) is 3.96. The van der Waals surface area contributed by atoms with Gasteiger partial charge in [-0.1, -0.05) is 12.2 Å². The third-order valence-electron chi connectivity index (χ3n) is 2.75. The minimum Gasteiger partial charge on any atom is -0.351 e. The summed E-state index contributed by atoms with van der Waals surface area (Å²) < 4.78 is 0.888. The molecule has 2 nitrogen and oxygen atoms in total. The largest absolute Gasteiger partial charge is 0.351 e. The Kier molecular flexibility index (Phi) is 4.18. The van der Waals surface area contributed by atoms with Crippen LogP contribution < -0.4 is 5.32 Å². The summed E-state index contributed by atoms with van der Waals surface area (Å²) in [5, 5.41) is 4.92. The van der Waals surface area contributed by atoms with Gasteiger partial charge in [0.15, 0.2) is 0 Å². The van der Waals surface area contributed by atoms with Crippen LogP contribution in [0.3, 0.4) is 0 Å². The van der Waals surface area contributed by atoms with E-state index in [0.29, 0.717) is 5.92 Å². The number of hydrogen-bond acceptors (Lipinski definition) is 2. The van der Waals surface area contributed by atoms with Crippen LogP contribution in [0.15, 0.2) is 28.1 Å². The molecule has 1 aliphatic carbocycles. The lowest BCUT2D eigenvalue weighted by Crippen LogP contribution is -2.29. The highest BCUT2D eigenvalue weighted by Gasteiger charge is 2.14. The van der Waals surface area contributed by atoms with Crippen molar-refractivity contribution < 1.29 is 4.79 Å². The fourth-order valence-electron chi connectivity index (χ4n) is 1.81. The van der Waals surface area contributed by atoms with Gasteiger partial charge in [0.1, 0.15) is 4.88 Å². The highest BCUT2D eigenvalue weighted by Crippen LogP contribution is 2.23. The SMILES string of the molecule is O=C(NCC1CC=CCC1)c1sccc1Br. The lowest BCUT2D eigenvalue weighted by Gasteiger charge is -2.17. The van der Waals surface area contributed by atoms with E-state index in [4.69, 9.17) is 0 Å². The number of thiophene rings is 1. The molecule has 0 saturated carbocycles. The van der Waals surface area contributed by atoms with Gasteiger partial charge in [0.2, 0.25) is 0 Å². The highest BCUT2D eigenvalue weighted by atomic mass is 79.9. The molecule has 1 unspecified atom stereocenters. The van der Waals surface area contributed by atoms with E-state index in [1.165, 1.54) is 17.8 Å². The predicted octanol–water partition coefficient (Wildman–Crippen LogP) is 3.60. The average molecular weight is 300 g/mol. The summed E-state index contributed by atoms with van der Waals surface area (Å²) >= 11 is 4.84. The Hall–Kier alpha value is -0.610. The molecule has 1 heterocycles. The molecule has 16 heavy (non-hydrogen) atoms. The van der Waals surface area contributed by atoms with Crippen molar-refractivity contribution in [1.82, 2.24) is 5.32 Å². The molecule has 0 bridgehead atoms. The van der Waals surface area contributed by atoms with E-state index >= 15 is 0 Å². The van der Waals surface area contributed by atoms with Crippen molar-refractivity contribution in [2.75, 3.05) is 6.54 Å². The van der Waals surface area contributed by atoms with E-state index in [2.05, 4.69) is 33.4 Å². The third-order valence-corrected chi connectivity index (χ3v) is 4.59. The van der Waals surface area contributed by atoms with Gasteiger partial charge in [-0.3, -0.25) is 4.79 Å². The Morgan fingerprint density at radius 1 is 1.56 bits per heavy atom. The van der Waals surface area contributed by atoms with E-state index in [1.807, 2.05) is 11.4 Å². The first-order chi connectivity index (χ1) is 7.77. The van der Waals surface area contributed by atoms with Crippen LogP contribution in [0.1, 0.15) is 28.9 Å². The summed E-state index contributed by atoms with van der Waals surface area (Å²) in [4.78, 5) is 12.6. The lowest BCUT2D eigenvalue weighted by molar-refractivity contribution is 0.0949. The Morgan fingerprint density at radius 3 is 3.06 bits per heavy atom. The number of carbonyl (C=O) groups is 1. The van der Waals surface area contributed by atoms with Crippen LogP contribution in [0.4, 0.5) is 0 Å². The number of hydrogen-bond donors (Lipinski definition) is 1. The fraction of sp³-hybridized carbons (Fsp3) is 0.417. The number of nitrogens with one attached hydrogen (secondary N) is 1. The molecule has 4 heteroatoms. The lowest BCUT2D eigenvalue weighted by atomic mass is 9.94. The van der Waals surface area contributed by atoms with Gasteiger partial charge in [-0.05, 0) is 52.6 Å². The van der Waals surface area contributed by atoms with Crippen LogP contribution in [0.2, 0.25) is 0 Å². The van der Waals surface area contributed by atoms with Crippen LogP contribution in [0.5, 0.6) is 0 Å². The number of amides is 1. The topological polar surface area (TPSA) is 29.1 Å². The standard InChI is InChI=1S/C12H14BrNOS/c13-10-6-7-16-11(10)12(15)14-8-9-4-2-1-3-5-9/h1-2,6-7,9H,3-5,8H2,(H,14,15). The van der Waals surface area contributed by atoms with Gasteiger partial charge in [0.25, 0.3) is 5.91 Å². The van der Waals surface area contributed by atoms with Crippen LogP contribution in [0, 0.1) is 5.92 Å². The first-order valence-electron chi connectivity index (χ1n) is 5.43. The first kappa shape index (κ1) is 11.9. The van der Waals surface area contributed by atoms with E-state index in [0.717, 1.165) is 28.7 Å². The smallest absolute Gasteiger partial charge is 0.262 e. The zero-order valence-electron chi connectivity index (χ0n) is 8.91. The Labute approximate surface area is 108 Å². The van der Waals surface area contributed by atoms with Gasteiger partial charge in [-0.25, -0.2) is 0 Å². The molecule has 0 radical (unpaired) electrons. The van der Waals surface area contributed by atoms with Crippen LogP contribution >= 0.6 is 27.3 Å². The van der Waals surface area contributed by atoms with Gasteiger partial charge in [-0.15, -0.1) is 11.3 Å². The Morgan fingerprint density at radius 2 is 2.44 bits per heavy atom. The summed E-state index contributed by atoms with van der Waals surface area (Å²) in [6.45, 7) is 0.785. The maximum absolute atomic E-state index is 11.8. The monoisotopic (exact) mass is 299 g/mol. The molecular formula is C12H14BrNOS. The van der Waals surface area contributed by atoms with E-state index in [9.17, 15) is 4.79 Å².